The van der Waals surface area contributed by atoms with E-state index in [-0.39, 0.29) is 5.48 Å². The van der Waals surface area contributed by atoms with E-state index in [1.54, 1.807) is 0 Å². The summed E-state index contributed by atoms with van der Waals surface area (Å²) in [5, 5.41) is 31.2. The van der Waals surface area contributed by atoms with E-state index in [4.69, 9.17) is 20.1 Å². The third kappa shape index (κ3) is 2.80. The van der Waals surface area contributed by atoms with Crippen molar-refractivity contribution in [3.05, 3.63) is 10.4 Å². The van der Waals surface area contributed by atoms with E-state index < -0.39 is 37.3 Å². The van der Waals surface area contributed by atoms with E-state index in [1.165, 1.54) is 7.11 Å². The smallest absolute Gasteiger partial charge is 0.166 e. The highest BCUT2D eigenvalue weighted by Gasteiger charge is 2.44. The molecule has 0 amide bonds. The van der Waals surface area contributed by atoms with Crippen molar-refractivity contribution < 1.29 is 30.3 Å². The minimum absolute atomic E-state index is 0. The highest BCUT2D eigenvalue weighted by atomic mass is 16.6. The second kappa shape index (κ2) is 6.61. The average Bonchev–Trinajstić information content (AvgIpc) is 2.23. The van der Waals surface area contributed by atoms with Gasteiger partial charge in [-0.25, -0.2) is 0 Å². The molecule has 0 aromatic rings. The van der Waals surface area contributed by atoms with Gasteiger partial charge in [0.15, 0.2) is 6.29 Å². The number of hydrogen-bond acceptors (Lipinski definition) is 6. The van der Waals surface area contributed by atoms with Crippen LogP contribution in [-0.2, 0) is 9.47 Å². The zero-order valence-corrected chi connectivity index (χ0v) is 8.59. The minimum atomic E-state index is -1.40. The first-order chi connectivity index (χ1) is 7.15. The van der Waals surface area contributed by atoms with Crippen molar-refractivity contribution in [3.63, 3.8) is 0 Å². The van der Waals surface area contributed by atoms with Gasteiger partial charge in [-0.1, -0.05) is 5.11 Å². The topological polar surface area (TPSA) is 159 Å². The fraction of sp³-hybridized carbons (Fsp3) is 1.00. The summed E-state index contributed by atoms with van der Waals surface area (Å²) in [6, 6.07) is -1.03. The van der Waals surface area contributed by atoms with Gasteiger partial charge in [-0.3, -0.25) is 0 Å². The van der Waals surface area contributed by atoms with E-state index >= 15 is 0 Å². The van der Waals surface area contributed by atoms with Crippen LogP contribution in [0.1, 0.15) is 0 Å². The summed E-state index contributed by atoms with van der Waals surface area (Å²) in [6.45, 7) is -0.457. The van der Waals surface area contributed by atoms with Crippen molar-refractivity contribution in [2.45, 2.75) is 30.6 Å². The summed E-state index contributed by atoms with van der Waals surface area (Å²) in [6.07, 6.45) is -4.40. The standard InChI is InChI=1S/C7H13N3O5.H2O/c1-14-6-4(9-10-8)7(13)15-3(2-11)5(6)12;/h3-7,11-13H,2H2,1H3;1H2/t3-,4-,5-,6-,7-;/m1./s1. The van der Waals surface area contributed by atoms with Crippen molar-refractivity contribution in [1.82, 2.24) is 0 Å². The number of methoxy groups -OCH3 is 1. The first kappa shape index (κ1) is 15.1. The molecule has 1 saturated heterocycles. The molecule has 9 heteroatoms. The van der Waals surface area contributed by atoms with Crippen molar-refractivity contribution >= 4 is 0 Å². The highest BCUT2D eigenvalue weighted by molar-refractivity contribution is 4.93. The third-order valence-corrected chi connectivity index (χ3v) is 2.30. The zero-order valence-electron chi connectivity index (χ0n) is 8.59. The number of aliphatic hydroxyl groups is 3. The van der Waals surface area contributed by atoms with Gasteiger partial charge in [0.1, 0.15) is 18.2 Å². The Morgan fingerprint density at radius 1 is 1.50 bits per heavy atom. The van der Waals surface area contributed by atoms with Crippen molar-refractivity contribution in [3.8, 4) is 0 Å². The van der Waals surface area contributed by atoms with Crippen LogP contribution in [0.3, 0.4) is 0 Å². The summed E-state index contributed by atoms with van der Waals surface area (Å²) in [5.74, 6) is 0. The molecule has 1 rings (SSSR count). The fourth-order valence-corrected chi connectivity index (χ4v) is 1.53. The molecule has 1 fully saturated rings. The number of nitrogens with zero attached hydrogens (tertiary/aromatic N) is 3. The molecule has 1 aliphatic heterocycles. The molecular formula is C7H15N3O6. The summed E-state index contributed by atoms with van der Waals surface area (Å²) >= 11 is 0. The lowest BCUT2D eigenvalue weighted by Gasteiger charge is -2.39. The molecule has 0 spiro atoms. The molecule has 16 heavy (non-hydrogen) atoms. The molecule has 0 bridgehead atoms. The molecule has 94 valence electrons. The lowest BCUT2D eigenvalue weighted by Crippen LogP contribution is -2.58. The van der Waals surface area contributed by atoms with Crippen LogP contribution in [0.5, 0.6) is 0 Å². The first-order valence-electron chi connectivity index (χ1n) is 4.35. The molecule has 5 N–H and O–H groups in total. The van der Waals surface area contributed by atoms with Gasteiger partial charge in [0, 0.05) is 12.0 Å². The molecule has 0 aromatic carbocycles. The maximum absolute atomic E-state index is 9.64. The first-order valence-corrected chi connectivity index (χ1v) is 4.35. The number of ether oxygens (including phenoxy) is 2. The Bertz CT molecular complexity index is 259. The predicted molar refractivity (Wildman–Crippen MR) is 51.3 cm³/mol. The van der Waals surface area contributed by atoms with Crippen LogP contribution in [0, 0.1) is 0 Å². The van der Waals surface area contributed by atoms with Crippen LogP contribution in [0.2, 0.25) is 0 Å². The number of rotatable bonds is 3. The summed E-state index contributed by atoms with van der Waals surface area (Å²) in [7, 11) is 1.31. The van der Waals surface area contributed by atoms with Crippen LogP contribution >= 0.6 is 0 Å². The van der Waals surface area contributed by atoms with Crippen LogP contribution in [0.4, 0.5) is 0 Å². The van der Waals surface area contributed by atoms with Crippen LogP contribution in [0.25, 0.3) is 10.4 Å². The van der Waals surface area contributed by atoms with E-state index in [0.29, 0.717) is 0 Å². The van der Waals surface area contributed by atoms with Gasteiger partial charge >= 0.3 is 0 Å². The van der Waals surface area contributed by atoms with Crippen LogP contribution in [0.15, 0.2) is 5.11 Å². The molecule has 0 aromatic heterocycles. The Hall–Kier alpha value is -0.930. The van der Waals surface area contributed by atoms with Gasteiger partial charge in [0.25, 0.3) is 0 Å². The van der Waals surface area contributed by atoms with Gasteiger partial charge in [0.2, 0.25) is 0 Å². The second-order valence-electron chi connectivity index (χ2n) is 3.13. The Morgan fingerprint density at radius 3 is 2.56 bits per heavy atom. The Balaban J connectivity index is 0.00000225. The molecule has 5 atom stereocenters. The van der Waals surface area contributed by atoms with Crippen molar-refractivity contribution in [2.75, 3.05) is 13.7 Å². The Kier molecular flexibility index (Phi) is 6.22. The van der Waals surface area contributed by atoms with Gasteiger partial charge in [-0.15, -0.1) is 0 Å². The quantitative estimate of drug-likeness (QED) is 0.291. The molecule has 1 aliphatic rings. The van der Waals surface area contributed by atoms with Crippen molar-refractivity contribution in [1.29, 1.82) is 0 Å². The monoisotopic (exact) mass is 237 g/mol. The van der Waals surface area contributed by atoms with E-state index in [1.807, 2.05) is 0 Å². The fourth-order valence-electron chi connectivity index (χ4n) is 1.53. The maximum atomic E-state index is 9.64. The molecule has 0 unspecified atom stereocenters. The van der Waals surface area contributed by atoms with Crippen LogP contribution < -0.4 is 0 Å². The molecule has 9 nitrogen and oxygen atoms in total. The third-order valence-electron chi connectivity index (χ3n) is 2.30. The molecule has 1 heterocycles. The van der Waals surface area contributed by atoms with Crippen LogP contribution in [-0.4, -0.2) is 65.2 Å². The maximum Gasteiger partial charge on any atom is 0.166 e. The minimum Gasteiger partial charge on any atom is -0.412 e. The SMILES string of the molecule is CO[C@H]1[C@H](O)[C@@H](CO)O[C@@H](O)[C@@H]1N=[N+]=[N-].O. The summed E-state index contributed by atoms with van der Waals surface area (Å²) in [5.41, 5.74) is 8.26. The molecule has 0 radical (unpaired) electrons. The number of hydrogen-bond donors (Lipinski definition) is 3. The second-order valence-corrected chi connectivity index (χ2v) is 3.13. The lowest BCUT2D eigenvalue weighted by molar-refractivity contribution is -0.253. The van der Waals surface area contributed by atoms with Gasteiger partial charge in [-0.05, 0) is 5.53 Å². The lowest BCUT2D eigenvalue weighted by atomic mass is 9.97. The van der Waals surface area contributed by atoms with Gasteiger partial charge in [0.05, 0.1) is 12.7 Å². The molecule has 0 saturated carbocycles. The van der Waals surface area contributed by atoms with E-state index in [9.17, 15) is 10.2 Å². The summed E-state index contributed by atoms with van der Waals surface area (Å²) < 4.78 is 9.76. The van der Waals surface area contributed by atoms with E-state index in [0.717, 1.165) is 0 Å². The number of aliphatic hydroxyl groups excluding tert-OH is 3. The normalized spacial score (nSPS) is 38.4. The van der Waals surface area contributed by atoms with Gasteiger partial charge in [-0.2, -0.15) is 0 Å². The predicted octanol–water partition coefficient (Wildman–Crippen LogP) is -2.07. The molecule has 0 aliphatic carbocycles. The highest BCUT2D eigenvalue weighted by Crippen LogP contribution is 2.24. The zero-order chi connectivity index (χ0) is 11.4. The Morgan fingerprint density at radius 2 is 2.12 bits per heavy atom. The Labute approximate surface area is 91.1 Å². The van der Waals surface area contributed by atoms with Gasteiger partial charge < -0.3 is 30.3 Å². The average molecular weight is 237 g/mol. The van der Waals surface area contributed by atoms with E-state index in [2.05, 4.69) is 10.0 Å². The molecular weight excluding hydrogens is 222 g/mol. The largest absolute Gasteiger partial charge is 0.412 e. The summed E-state index contributed by atoms with van der Waals surface area (Å²) in [4.78, 5) is 2.52. The number of azide groups is 1. The van der Waals surface area contributed by atoms with Crippen molar-refractivity contribution in [2.24, 2.45) is 5.11 Å².